The molecule has 4 atom stereocenters. The molecule has 3 fully saturated rings. The van der Waals surface area contributed by atoms with E-state index in [-0.39, 0.29) is 0 Å². The van der Waals surface area contributed by atoms with Crippen LogP contribution in [0.25, 0.3) is 0 Å². The molecule has 1 aromatic carbocycles. The molecule has 7 heteroatoms. The van der Waals surface area contributed by atoms with Gasteiger partial charge in [-0.15, -0.1) is 0 Å². The van der Waals surface area contributed by atoms with Crippen molar-refractivity contribution in [2.24, 2.45) is 16.7 Å². The number of nitriles is 3. The number of nitrogens with one attached hydrogen (secondary N) is 1. The zero-order chi connectivity index (χ0) is 17.8. The first-order valence-corrected chi connectivity index (χ1v) is 7.26. The minimum atomic E-state index is -1.94. The van der Waals surface area contributed by atoms with Crippen LogP contribution in [0.15, 0.2) is 24.3 Å². The second kappa shape index (κ2) is 4.77. The van der Waals surface area contributed by atoms with Crippen LogP contribution in [0.5, 0.6) is 0 Å². The van der Waals surface area contributed by atoms with Gasteiger partial charge >= 0.3 is 0 Å². The molecule has 3 saturated heterocycles. The summed E-state index contributed by atoms with van der Waals surface area (Å²) in [5, 5.41) is 37.7. The van der Waals surface area contributed by atoms with Gasteiger partial charge in [0.15, 0.2) is 10.8 Å². The van der Waals surface area contributed by atoms with Gasteiger partial charge in [0, 0.05) is 6.92 Å². The molecule has 6 nitrogen and oxygen atoms in total. The zero-order valence-electron chi connectivity index (χ0n) is 13.0. The third kappa shape index (κ3) is 1.56. The lowest BCUT2D eigenvalue weighted by Crippen LogP contribution is -2.71. The molecular weight excluding hydrogens is 311 g/mol. The van der Waals surface area contributed by atoms with Crippen LogP contribution in [0, 0.1) is 62.0 Å². The van der Waals surface area contributed by atoms with Crippen LogP contribution in [0.1, 0.15) is 25.5 Å². The lowest BCUT2D eigenvalue weighted by molar-refractivity contribution is -0.338. The van der Waals surface area contributed by atoms with Gasteiger partial charge in [0.2, 0.25) is 11.7 Å². The summed E-state index contributed by atoms with van der Waals surface area (Å²) in [5.41, 5.74) is -3.37. The Hall–Kier alpha value is -2.95. The molecule has 0 spiro atoms. The van der Waals surface area contributed by atoms with E-state index in [1.807, 2.05) is 18.2 Å². The highest BCUT2D eigenvalue weighted by Crippen LogP contribution is 2.66. The van der Waals surface area contributed by atoms with Crippen molar-refractivity contribution < 1.29 is 13.9 Å². The summed E-state index contributed by atoms with van der Waals surface area (Å²) in [6.45, 7) is 3.12. The predicted octanol–water partition coefficient (Wildman–Crippen LogP) is 2.80. The van der Waals surface area contributed by atoms with Crippen LogP contribution in [-0.2, 0) is 9.47 Å². The molecule has 0 radical (unpaired) electrons. The maximum absolute atomic E-state index is 13.2. The van der Waals surface area contributed by atoms with E-state index in [2.05, 4.69) is 0 Å². The van der Waals surface area contributed by atoms with E-state index >= 15 is 0 Å². The Labute approximate surface area is 138 Å². The molecule has 0 amide bonds. The third-order valence-corrected chi connectivity index (χ3v) is 5.17. The monoisotopic (exact) mass is 324 g/mol. The summed E-state index contributed by atoms with van der Waals surface area (Å²) >= 11 is 0. The van der Waals surface area contributed by atoms with Gasteiger partial charge in [0.1, 0.15) is 11.9 Å². The van der Waals surface area contributed by atoms with Gasteiger partial charge in [0.05, 0.1) is 24.1 Å². The Kier molecular flexibility index (Phi) is 3.17. The van der Waals surface area contributed by atoms with Crippen LogP contribution in [0.2, 0.25) is 0 Å². The molecule has 0 aromatic heterocycles. The van der Waals surface area contributed by atoms with E-state index < -0.39 is 40.4 Å². The Morgan fingerprint density at radius 2 is 1.71 bits per heavy atom. The maximum atomic E-state index is 13.2. The molecule has 4 rings (SSSR count). The molecule has 120 valence electrons. The molecule has 3 aliphatic rings. The summed E-state index contributed by atoms with van der Waals surface area (Å²) in [5.74, 6) is -3.14. The fraction of sp³-hybridized carbons (Fsp3) is 0.412. The van der Waals surface area contributed by atoms with Crippen molar-refractivity contribution in [1.29, 1.82) is 21.2 Å². The molecule has 2 bridgehead atoms. The quantitative estimate of drug-likeness (QED) is 0.853. The molecule has 0 aliphatic carbocycles. The summed E-state index contributed by atoms with van der Waals surface area (Å²) in [4.78, 5) is 0. The van der Waals surface area contributed by atoms with Crippen LogP contribution in [0.3, 0.4) is 0 Å². The summed E-state index contributed by atoms with van der Waals surface area (Å²) in [7, 11) is 0. The number of halogens is 1. The van der Waals surface area contributed by atoms with Gasteiger partial charge in [-0.2, -0.15) is 15.8 Å². The first-order chi connectivity index (χ1) is 11.3. The van der Waals surface area contributed by atoms with Gasteiger partial charge in [0.25, 0.3) is 0 Å². The highest BCUT2D eigenvalue weighted by atomic mass is 19.1. The molecule has 3 aliphatic heterocycles. The van der Waals surface area contributed by atoms with Crippen LogP contribution in [0.4, 0.5) is 4.39 Å². The average Bonchev–Trinajstić information content (AvgIpc) is 2.57. The van der Waals surface area contributed by atoms with E-state index in [9.17, 15) is 20.2 Å². The highest BCUT2D eigenvalue weighted by Gasteiger charge is 2.77. The largest absolute Gasteiger partial charge is 0.448 e. The van der Waals surface area contributed by atoms with Crippen molar-refractivity contribution >= 4 is 5.90 Å². The number of hydrogen-bond acceptors (Lipinski definition) is 6. The Morgan fingerprint density at radius 1 is 1.12 bits per heavy atom. The highest BCUT2D eigenvalue weighted by molar-refractivity contribution is 5.88. The van der Waals surface area contributed by atoms with Crippen molar-refractivity contribution in [3.8, 4) is 18.2 Å². The third-order valence-electron chi connectivity index (χ3n) is 5.17. The molecule has 24 heavy (non-hydrogen) atoms. The standard InChI is InChI=1S/C17H13FN4O2/c1-10-15(2)23-13(11-3-5-12(18)6-4-11)17(9-21,14(22)24-15)16(10,7-19)8-20/h3-6,10,13,22H,1-2H3. The lowest BCUT2D eigenvalue weighted by atomic mass is 9.51. The van der Waals surface area contributed by atoms with E-state index in [4.69, 9.17) is 14.9 Å². The van der Waals surface area contributed by atoms with Gasteiger partial charge in [-0.1, -0.05) is 19.1 Å². The Balaban J connectivity index is 2.32. The number of benzene rings is 1. The second-order valence-corrected chi connectivity index (χ2v) is 6.17. The number of nitrogens with zero attached hydrogens (tertiary/aromatic N) is 3. The van der Waals surface area contributed by atoms with Crippen molar-refractivity contribution in [3.05, 3.63) is 35.6 Å². The number of hydrogen-bond donors (Lipinski definition) is 1. The molecule has 1 aromatic rings. The normalized spacial score (nSPS) is 36.1. The molecule has 3 heterocycles. The van der Waals surface area contributed by atoms with Crippen molar-refractivity contribution in [3.63, 3.8) is 0 Å². The molecule has 4 unspecified atom stereocenters. The summed E-state index contributed by atoms with van der Waals surface area (Å²) in [6.07, 6.45) is -1.09. The van der Waals surface area contributed by atoms with Crippen molar-refractivity contribution in [1.82, 2.24) is 0 Å². The Morgan fingerprint density at radius 3 is 2.21 bits per heavy atom. The predicted molar refractivity (Wildman–Crippen MR) is 78.3 cm³/mol. The first-order valence-electron chi connectivity index (χ1n) is 7.26. The number of fused-ring (bicyclic) bond motifs is 3. The van der Waals surface area contributed by atoms with Crippen LogP contribution < -0.4 is 0 Å². The van der Waals surface area contributed by atoms with Crippen molar-refractivity contribution in [2.45, 2.75) is 25.7 Å². The number of ether oxygens (including phenoxy) is 2. The van der Waals surface area contributed by atoms with Crippen molar-refractivity contribution in [2.75, 3.05) is 0 Å². The maximum Gasteiger partial charge on any atom is 0.215 e. The lowest BCUT2D eigenvalue weighted by Gasteiger charge is -2.60. The van der Waals surface area contributed by atoms with E-state index in [0.717, 1.165) is 0 Å². The fourth-order valence-corrected chi connectivity index (χ4v) is 3.61. The molecule has 1 N–H and O–H groups in total. The number of rotatable bonds is 1. The Bertz CT molecular complexity index is 833. The van der Waals surface area contributed by atoms with E-state index in [1.165, 1.54) is 31.2 Å². The fourth-order valence-electron chi connectivity index (χ4n) is 3.61. The van der Waals surface area contributed by atoms with Gasteiger partial charge in [-0.05, 0) is 17.7 Å². The van der Waals surface area contributed by atoms with Gasteiger partial charge in [-0.25, -0.2) is 4.39 Å². The molecular formula is C17H13FN4O2. The zero-order valence-corrected chi connectivity index (χ0v) is 13.0. The van der Waals surface area contributed by atoms with E-state index in [1.54, 1.807) is 6.92 Å². The van der Waals surface area contributed by atoms with Gasteiger partial charge in [-0.3, -0.25) is 5.41 Å². The minimum Gasteiger partial charge on any atom is -0.448 e. The van der Waals surface area contributed by atoms with Crippen LogP contribution in [-0.4, -0.2) is 11.7 Å². The van der Waals surface area contributed by atoms with Gasteiger partial charge < -0.3 is 9.47 Å². The first kappa shape index (κ1) is 15.9. The van der Waals surface area contributed by atoms with Crippen LogP contribution >= 0.6 is 0 Å². The second-order valence-electron chi connectivity index (χ2n) is 6.17. The topological polar surface area (TPSA) is 114 Å². The average molecular weight is 324 g/mol. The SMILES string of the molecule is CC1C2(C)OC(=N)C(C#N)(C(c3ccc(F)cc3)O2)C1(C#N)C#N. The minimum absolute atomic E-state index is 0.402. The summed E-state index contributed by atoms with van der Waals surface area (Å²) in [6, 6.07) is 11.1. The summed E-state index contributed by atoms with van der Waals surface area (Å²) < 4.78 is 24.6. The van der Waals surface area contributed by atoms with E-state index in [0.29, 0.717) is 5.56 Å². The molecule has 0 saturated carbocycles. The smallest absolute Gasteiger partial charge is 0.215 e.